The van der Waals surface area contributed by atoms with Crippen molar-refractivity contribution < 1.29 is 19.1 Å². The van der Waals surface area contributed by atoms with Crippen LogP contribution in [0.3, 0.4) is 0 Å². The van der Waals surface area contributed by atoms with Crippen LogP contribution in [0.15, 0.2) is 29.3 Å². The number of hydrogen-bond acceptors (Lipinski definition) is 5. The fourth-order valence-corrected chi connectivity index (χ4v) is 2.29. The fourth-order valence-electron chi connectivity index (χ4n) is 2.29. The van der Waals surface area contributed by atoms with Crippen molar-refractivity contribution in [1.82, 2.24) is 0 Å². The van der Waals surface area contributed by atoms with Gasteiger partial charge >= 0.3 is 5.97 Å². The van der Waals surface area contributed by atoms with Crippen molar-refractivity contribution >= 4 is 29.2 Å². The molecule has 21 heavy (non-hydrogen) atoms. The zero-order valence-electron chi connectivity index (χ0n) is 11.9. The van der Waals surface area contributed by atoms with Crippen LogP contribution in [-0.4, -0.2) is 30.2 Å². The lowest BCUT2D eigenvalue weighted by atomic mass is 10.1. The molecule has 1 saturated carbocycles. The fraction of sp³-hybridized carbons (Fsp3) is 0.312. The number of nitrogens with zero attached hydrogens (tertiary/aromatic N) is 1. The predicted octanol–water partition coefficient (Wildman–Crippen LogP) is 2.46. The maximum Gasteiger partial charge on any atom is 0.356 e. The van der Waals surface area contributed by atoms with Crippen LogP contribution in [0.5, 0.6) is 5.75 Å². The molecule has 5 heteroatoms. The molecule has 5 nitrogen and oxygen atoms in total. The molecule has 1 aliphatic heterocycles. The zero-order valence-corrected chi connectivity index (χ0v) is 11.9. The lowest BCUT2D eigenvalue weighted by Gasteiger charge is -2.24. The third kappa shape index (κ3) is 2.46. The van der Waals surface area contributed by atoms with Crippen molar-refractivity contribution in [2.24, 2.45) is 4.99 Å². The highest BCUT2D eigenvalue weighted by Gasteiger charge is 2.55. The van der Waals surface area contributed by atoms with Crippen molar-refractivity contribution in [3.05, 3.63) is 29.8 Å². The van der Waals surface area contributed by atoms with Crippen LogP contribution < -0.4 is 4.74 Å². The first kappa shape index (κ1) is 13.5. The smallest absolute Gasteiger partial charge is 0.356 e. The highest BCUT2D eigenvalue weighted by molar-refractivity contribution is 6.41. The minimum atomic E-state index is -0.600. The number of hydrogen-bond donors (Lipinski definition) is 0. The van der Waals surface area contributed by atoms with Gasteiger partial charge in [-0.1, -0.05) is 12.1 Å². The largest absolute Gasteiger partial charge is 0.478 e. The number of aliphatic imine (C=N–C) groups is 1. The van der Waals surface area contributed by atoms with Gasteiger partial charge in [0.25, 0.3) is 0 Å². The molecule has 108 valence electrons. The molecule has 1 aromatic rings. The van der Waals surface area contributed by atoms with Crippen molar-refractivity contribution in [2.75, 3.05) is 7.11 Å². The Morgan fingerprint density at radius 1 is 1.38 bits per heavy atom. The zero-order chi connectivity index (χ0) is 15.0. The van der Waals surface area contributed by atoms with Gasteiger partial charge in [-0.05, 0) is 43.5 Å². The second-order valence-corrected chi connectivity index (χ2v) is 5.22. The highest BCUT2D eigenvalue weighted by atomic mass is 16.5. The number of esters is 1. The van der Waals surface area contributed by atoms with Crippen LogP contribution in [0, 0.1) is 0 Å². The number of carbonyl (C=O) groups excluding carboxylic acids is 2. The number of rotatable bonds is 3. The Kier molecular flexibility index (Phi) is 3.12. The third-order valence-corrected chi connectivity index (χ3v) is 3.55. The molecule has 1 heterocycles. The third-order valence-electron chi connectivity index (χ3n) is 3.55. The van der Waals surface area contributed by atoms with Crippen molar-refractivity contribution in [1.29, 1.82) is 0 Å². The van der Waals surface area contributed by atoms with Gasteiger partial charge in [0.1, 0.15) is 11.4 Å². The van der Waals surface area contributed by atoms with E-state index in [2.05, 4.69) is 4.99 Å². The number of benzene rings is 1. The molecular formula is C16H15NO4. The van der Waals surface area contributed by atoms with Crippen LogP contribution in [0.25, 0.3) is 6.08 Å². The van der Waals surface area contributed by atoms with Gasteiger partial charge in [-0.25, -0.2) is 9.79 Å². The summed E-state index contributed by atoms with van der Waals surface area (Å²) in [5.41, 5.74) is 1.13. The summed E-state index contributed by atoms with van der Waals surface area (Å²) in [5.74, 6) is 0.169. The molecule has 0 N–H and O–H groups in total. The standard InChI is InChI=1S/C16H15NO4/c1-10(18)3-4-11-5-6-13-12(9-11)17-14(15(19)20-2)16(21-13)7-8-16/h3-6,9H,7-8H2,1-2H3/b4-3+. The number of ether oxygens (including phenoxy) is 2. The Morgan fingerprint density at radius 3 is 2.76 bits per heavy atom. The second kappa shape index (κ2) is 4.84. The molecule has 0 atom stereocenters. The van der Waals surface area contributed by atoms with E-state index in [0.29, 0.717) is 17.1 Å². The van der Waals surface area contributed by atoms with E-state index in [-0.39, 0.29) is 5.78 Å². The number of allylic oxidation sites excluding steroid dienone is 1. The number of fused-ring (bicyclic) bond motifs is 1. The lowest BCUT2D eigenvalue weighted by Crippen LogP contribution is -2.38. The normalized spacial score (nSPS) is 17.9. The Hall–Kier alpha value is -2.43. The number of carbonyl (C=O) groups is 2. The monoisotopic (exact) mass is 285 g/mol. The molecule has 0 saturated heterocycles. The van der Waals surface area contributed by atoms with Gasteiger partial charge in [0.05, 0.1) is 7.11 Å². The first-order valence-corrected chi connectivity index (χ1v) is 6.73. The van der Waals surface area contributed by atoms with Crippen LogP contribution in [-0.2, 0) is 14.3 Å². The van der Waals surface area contributed by atoms with Crippen LogP contribution in [0.4, 0.5) is 5.69 Å². The minimum Gasteiger partial charge on any atom is -0.478 e. The van der Waals surface area contributed by atoms with E-state index in [1.54, 1.807) is 12.1 Å². The summed E-state index contributed by atoms with van der Waals surface area (Å²) in [4.78, 5) is 27.2. The summed E-state index contributed by atoms with van der Waals surface area (Å²) in [6, 6.07) is 5.45. The Bertz CT molecular complexity index is 684. The van der Waals surface area contributed by atoms with Crippen LogP contribution in [0.2, 0.25) is 0 Å². The molecule has 0 unspecified atom stereocenters. The first-order valence-electron chi connectivity index (χ1n) is 6.73. The summed E-state index contributed by atoms with van der Waals surface area (Å²) in [5, 5.41) is 0. The Balaban J connectivity index is 1.99. The molecule has 2 aliphatic rings. The van der Waals surface area contributed by atoms with E-state index in [9.17, 15) is 9.59 Å². The molecule has 1 aliphatic carbocycles. The lowest BCUT2D eigenvalue weighted by molar-refractivity contribution is -0.133. The van der Waals surface area contributed by atoms with Gasteiger partial charge in [-0.3, -0.25) is 4.79 Å². The van der Waals surface area contributed by atoms with Gasteiger partial charge in [-0.2, -0.15) is 0 Å². The summed E-state index contributed by atoms with van der Waals surface area (Å²) >= 11 is 0. The summed E-state index contributed by atoms with van der Waals surface area (Å²) in [6.07, 6.45) is 4.73. The highest BCUT2D eigenvalue weighted by Crippen LogP contribution is 2.48. The van der Waals surface area contributed by atoms with Crippen molar-refractivity contribution in [2.45, 2.75) is 25.4 Å². The van der Waals surface area contributed by atoms with Crippen molar-refractivity contribution in [3.63, 3.8) is 0 Å². The number of ketones is 1. The summed E-state index contributed by atoms with van der Waals surface area (Å²) < 4.78 is 10.7. The van der Waals surface area contributed by atoms with Crippen LogP contribution in [0.1, 0.15) is 25.3 Å². The second-order valence-electron chi connectivity index (χ2n) is 5.22. The van der Waals surface area contributed by atoms with Gasteiger partial charge in [0, 0.05) is 0 Å². The molecule has 1 aromatic carbocycles. The maximum atomic E-state index is 11.8. The maximum absolute atomic E-state index is 11.8. The molecule has 0 amide bonds. The molecule has 1 fully saturated rings. The van der Waals surface area contributed by atoms with E-state index in [1.165, 1.54) is 20.1 Å². The SMILES string of the molecule is COC(=O)C1=Nc2cc(/C=C/C(C)=O)ccc2OC12CC2. The minimum absolute atomic E-state index is 0.0281. The summed E-state index contributed by atoms with van der Waals surface area (Å²) in [6.45, 7) is 1.49. The first-order chi connectivity index (χ1) is 10.0. The molecule has 1 spiro atoms. The predicted molar refractivity (Wildman–Crippen MR) is 77.9 cm³/mol. The van der Waals surface area contributed by atoms with E-state index < -0.39 is 11.6 Å². The molecule has 0 aromatic heterocycles. The van der Waals surface area contributed by atoms with Crippen LogP contribution >= 0.6 is 0 Å². The van der Waals surface area contributed by atoms with Crippen molar-refractivity contribution in [3.8, 4) is 5.75 Å². The molecule has 3 rings (SSSR count). The quantitative estimate of drug-likeness (QED) is 0.632. The molecule has 0 radical (unpaired) electrons. The summed E-state index contributed by atoms with van der Waals surface area (Å²) in [7, 11) is 1.34. The molecular weight excluding hydrogens is 270 g/mol. The van der Waals surface area contributed by atoms with E-state index >= 15 is 0 Å². The Labute approximate surface area is 122 Å². The van der Waals surface area contributed by atoms with Gasteiger partial charge in [0.2, 0.25) is 0 Å². The van der Waals surface area contributed by atoms with Gasteiger partial charge < -0.3 is 9.47 Å². The Morgan fingerprint density at radius 2 is 2.14 bits per heavy atom. The average molecular weight is 285 g/mol. The van der Waals surface area contributed by atoms with E-state index in [4.69, 9.17) is 9.47 Å². The van der Waals surface area contributed by atoms with E-state index in [1.807, 2.05) is 12.1 Å². The van der Waals surface area contributed by atoms with E-state index in [0.717, 1.165) is 18.4 Å². The average Bonchev–Trinajstić information content (AvgIpc) is 3.23. The number of methoxy groups -OCH3 is 1. The topological polar surface area (TPSA) is 65.0 Å². The molecule has 0 bridgehead atoms. The van der Waals surface area contributed by atoms with Gasteiger partial charge in [0.15, 0.2) is 17.1 Å². The van der Waals surface area contributed by atoms with Gasteiger partial charge in [-0.15, -0.1) is 0 Å².